The first-order chi connectivity index (χ1) is 8.85. The van der Waals surface area contributed by atoms with Gasteiger partial charge < -0.3 is 14.6 Å². The average molecular weight is 270 g/mol. The maximum Gasteiger partial charge on any atom is 0.586 e. The minimum absolute atomic E-state index is 0.0981. The predicted molar refractivity (Wildman–Crippen MR) is 58.9 cm³/mol. The first-order valence-corrected chi connectivity index (χ1v) is 5.18. The van der Waals surface area contributed by atoms with Crippen LogP contribution in [0.2, 0.25) is 0 Å². The fraction of sp³-hybridized carbons (Fsp3) is 0.167. The third-order valence-corrected chi connectivity index (χ3v) is 2.21. The number of fused-ring (bicyclic) bond motifs is 1. The molecule has 5 nitrogen and oxygen atoms in total. The number of rotatable bonds is 4. The lowest BCUT2D eigenvalue weighted by Crippen LogP contribution is -2.25. The molecule has 1 N–H and O–H groups in total. The van der Waals surface area contributed by atoms with E-state index < -0.39 is 24.5 Å². The molecule has 7 heteroatoms. The van der Waals surface area contributed by atoms with Crippen molar-refractivity contribution in [3.05, 3.63) is 29.8 Å². The number of halogens is 2. The Morgan fingerprint density at radius 1 is 1.26 bits per heavy atom. The van der Waals surface area contributed by atoms with Crippen molar-refractivity contribution in [2.75, 3.05) is 0 Å². The van der Waals surface area contributed by atoms with Gasteiger partial charge in [0, 0.05) is 0 Å². The van der Waals surface area contributed by atoms with Crippen LogP contribution in [0.1, 0.15) is 12.0 Å². The summed E-state index contributed by atoms with van der Waals surface area (Å²) in [6.07, 6.45) is -1.95. The van der Waals surface area contributed by atoms with E-state index in [0.717, 1.165) is 6.08 Å². The van der Waals surface area contributed by atoms with Crippen molar-refractivity contribution < 1.29 is 33.0 Å². The Bertz CT molecular complexity index is 565. The van der Waals surface area contributed by atoms with Gasteiger partial charge in [-0.05, 0) is 23.8 Å². The van der Waals surface area contributed by atoms with Crippen molar-refractivity contribution in [1.82, 2.24) is 0 Å². The van der Waals surface area contributed by atoms with Gasteiger partial charge in [0.25, 0.3) is 0 Å². The molecule has 1 heterocycles. The van der Waals surface area contributed by atoms with Crippen LogP contribution >= 0.6 is 0 Å². The lowest BCUT2D eigenvalue weighted by molar-refractivity contribution is -0.286. The van der Waals surface area contributed by atoms with Crippen LogP contribution in [-0.4, -0.2) is 23.2 Å². The van der Waals surface area contributed by atoms with Crippen molar-refractivity contribution in [2.45, 2.75) is 12.7 Å². The van der Waals surface area contributed by atoms with Crippen LogP contribution in [0.3, 0.4) is 0 Å². The second-order valence-corrected chi connectivity index (χ2v) is 3.74. The Kier molecular flexibility index (Phi) is 3.20. The molecule has 0 atom stereocenters. The normalized spacial score (nSPS) is 15.7. The highest BCUT2D eigenvalue weighted by Gasteiger charge is 2.43. The molecule has 100 valence electrons. The Morgan fingerprint density at radius 3 is 2.63 bits per heavy atom. The molecule has 0 unspecified atom stereocenters. The number of carbonyl (C=O) groups is 2. The third-order valence-electron chi connectivity index (χ3n) is 2.21. The third kappa shape index (κ3) is 3.27. The van der Waals surface area contributed by atoms with Gasteiger partial charge in [-0.1, -0.05) is 12.1 Å². The molecule has 1 aromatic carbocycles. The molecule has 1 aliphatic heterocycles. The van der Waals surface area contributed by atoms with Crippen LogP contribution in [-0.2, 0) is 9.59 Å². The fourth-order valence-corrected chi connectivity index (χ4v) is 1.47. The highest BCUT2D eigenvalue weighted by molar-refractivity contribution is 6.03. The summed E-state index contributed by atoms with van der Waals surface area (Å²) < 4.78 is 33.9. The number of allylic oxidation sites excluding steroid dienone is 1. The van der Waals surface area contributed by atoms with Gasteiger partial charge in [0.05, 0.1) is 0 Å². The summed E-state index contributed by atoms with van der Waals surface area (Å²) in [6, 6.07) is 3.98. The van der Waals surface area contributed by atoms with E-state index in [1.165, 1.54) is 24.3 Å². The Morgan fingerprint density at radius 2 is 1.95 bits per heavy atom. The summed E-state index contributed by atoms with van der Waals surface area (Å²) >= 11 is 0. The molecule has 2 rings (SSSR count). The van der Waals surface area contributed by atoms with E-state index in [1.807, 2.05) is 0 Å². The van der Waals surface area contributed by atoms with Crippen molar-refractivity contribution in [3.8, 4) is 11.5 Å². The highest BCUT2D eigenvalue weighted by Crippen LogP contribution is 2.41. The zero-order chi connectivity index (χ0) is 14.0. The number of carboxylic acids is 1. The molecular formula is C12H8F2O5. The molecule has 0 aliphatic carbocycles. The topological polar surface area (TPSA) is 72.8 Å². The number of ketones is 1. The first kappa shape index (κ1) is 13.0. The van der Waals surface area contributed by atoms with Crippen LogP contribution in [0.4, 0.5) is 8.78 Å². The van der Waals surface area contributed by atoms with E-state index in [0.29, 0.717) is 5.56 Å². The minimum Gasteiger partial charge on any atom is -0.481 e. The molecule has 0 saturated carbocycles. The molecule has 0 radical (unpaired) electrons. The molecule has 0 bridgehead atoms. The molecule has 0 spiro atoms. The van der Waals surface area contributed by atoms with Crippen LogP contribution in [0.25, 0.3) is 6.08 Å². The number of hydrogen-bond acceptors (Lipinski definition) is 4. The van der Waals surface area contributed by atoms with E-state index in [2.05, 4.69) is 9.47 Å². The number of hydrogen-bond donors (Lipinski definition) is 1. The largest absolute Gasteiger partial charge is 0.586 e. The molecule has 19 heavy (non-hydrogen) atoms. The second-order valence-electron chi connectivity index (χ2n) is 3.74. The smallest absolute Gasteiger partial charge is 0.481 e. The van der Waals surface area contributed by atoms with Crippen molar-refractivity contribution >= 4 is 17.8 Å². The number of alkyl halides is 2. The molecule has 1 aliphatic rings. The lowest BCUT2D eigenvalue weighted by atomic mass is 10.1. The van der Waals surface area contributed by atoms with Gasteiger partial charge in [-0.3, -0.25) is 9.59 Å². The summed E-state index contributed by atoms with van der Waals surface area (Å²) in [7, 11) is 0. The maximum absolute atomic E-state index is 12.7. The van der Waals surface area contributed by atoms with Crippen LogP contribution in [0.5, 0.6) is 11.5 Å². The van der Waals surface area contributed by atoms with E-state index in [9.17, 15) is 18.4 Å². The Labute approximate surface area is 106 Å². The monoisotopic (exact) mass is 270 g/mol. The van der Waals surface area contributed by atoms with Gasteiger partial charge >= 0.3 is 12.3 Å². The van der Waals surface area contributed by atoms with Crippen LogP contribution < -0.4 is 9.47 Å². The van der Waals surface area contributed by atoms with Gasteiger partial charge in [0.15, 0.2) is 17.3 Å². The van der Waals surface area contributed by atoms with E-state index >= 15 is 0 Å². The van der Waals surface area contributed by atoms with Crippen molar-refractivity contribution in [3.63, 3.8) is 0 Å². The lowest BCUT2D eigenvalue weighted by Gasteiger charge is -2.04. The van der Waals surface area contributed by atoms with E-state index in [1.54, 1.807) is 0 Å². The maximum atomic E-state index is 12.7. The highest BCUT2D eigenvalue weighted by atomic mass is 19.3. The summed E-state index contributed by atoms with van der Waals surface area (Å²) in [5, 5.41) is 8.39. The molecular weight excluding hydrogens is 262 g/mol. The number of aliphatic carboxylic acids is 1. The Hall–Kier alpha value is -2.44. The molecule has 1 aromatic rings. The molecule has 0 saturated heterocycles. The van der Waals surface area contributed by atoms with Gasteiger partial charge in [0.2, 0.25) is 0 Å². The molecule has 0 aromatic heterocycles. The second kappa shape index (κ2) is 4.68. The van der Waals surface area contributed by atoms with Crippen molar-refractivity contribution in [2.24, 2.45) is 0 Å². The minimum atomic E-state index is -3.69. The van der Waals surface area contributed by atoms with Crippen LogP contribution in [0.15, 0.2) is 24.3 Å². The van der Waals surface area contributed by atoms with Crippen LogP contribution in [0, 0.1) is 0 Å². The number of ether oxygens (including phenoxy) is 2. The van der Waals surface area contributed by atoms with Crippen molar-refractivity contribution in [1.29, 1.82) is 0 Å². The Balaban J connectivity index is 2.10. The summed E-state index contributed by atoms with van der Waals surface area (Å²) in [5.41, 5.74) is 0.416. The van der Waals surface area contributed by atoms with Gasteiger partial charge in [-0.2, -0.15) is 0 Å². The zero-order valence-corrected chi connectivity index (χ0v) is 9.43. The first-order valence-electron chi connectivity index (χ1n) is 5.18. The standard InChI is InChI=1S/C12H8F2O5/c13-12(14)18-9-4-2-7(5-10(9)19-12)1-3-8(15)6-11(16)17/h1-5H,6H2,(H,16,17)/b3-1+. The average Bonchev–Trinajstić information content (AvgIpc) is 2.58. The number of carbonyl (C=O) groups excluding carboxylic acids is 1. The van der Waals surface area contributed by atoms with Gasteiger partial charge in [0.1, 0.15) is 6.42 Å². The SMILES string of the molecule is O=C(O)CC(=O)/C=C/c1ccc2c(c1)OC(F)(F)O2. The van der Waals surface area contributed by atoms with E-state index in [-0.39, 0.29) is 11.5 Å². The number of benzene rings is 1. The fourth-order valence-electron chi connectivity index (χ4n) is 1.47. The zero-order valence-electron chi connectivity index (χ0n) is 9.43. The quantitative estimate of drug-likeness (QED) is 0.669. The molecule has 0 fully saturated rings. The summed E-state index contributed by atoms with van der Waals surface area (Å²) in [6.45, 7) is 0. The van der Waals surface area contributed by atoms with Gasteiger partial charge in [-0.15, -0.1) is 8.78 Å². The number of carboxylic acid groups (broad SMARTS) is 1. The summed E-state index contributed by atoms with van der Waals surface area (Å²) in [5.74, 6) is -2.08. The van der Waals surface area contributed by atoms with Gasteiger partial charge in [-0.25, -0.2) is 0 Å². The summed E-state index contributed by atoms with van der Waals surface area (Å²) in [4.78, 5) is 21.4. The van der Waals surface area contributed by atoms with E-state index in [4.69, 9.17) is 5.11 Å². The predicted octanol–water partition coefficient (Wildman–Crippen LogP) is 2.07. The molecule has 0 amide bonds.